The van der Waals surface area contributed by atoms with Crippen LogP contribution in [0.3, 0.4) is 0 Å². The number of hydrogen-bond donors (Lipinski definition) is 0. The molecule has 0 N–H and O–H groups in total. The first-order chi connectivity index (χ1) is 29.9. The van der Waals surface area contributed by atoms with Gasteiger partial charge in [0.05, 0.1) is 26.7 Å². The van der Waals surface area contributed by atoms with E-state index in [0.29, 0.717) is 26.2 Å². The molecule has 1 aliphatic heterocycles. The fraction of sp³-hybridized carbons (Fsp3) is 0.259. The Bertz CT molecular complexity index is 2130. The van der Waals surface area contributed by atoms with E-state index in [1.165, 1.54) is 20.7 Å². The van der Waals surface area contributed by atoms with E-state index >= 15 is 0 Å². The summed E-state index contributed by atoms with van der Waals surface area (Å²) < 4.78 is 26.3. The molecule has 6 nitrogen and oxygen atoms in total. The maximum atomic E-state index is 7.55. The highest BCUT2D eigenvalue weighted by molar-refractivity contribution is 7.00. The molecule has 0 spiro atoms. The third kappa shape index (κ3) is 9.27. The maximum Gasteiger partial charge on any atom is 0.319 e. The number of nitrogens with zero attached hydrogens (tertiary/aromatic N) is 2. The van der Waals surface area contributed by atoms with E-state index in [0.717, 1.165) is 34.0 Å². The van der Waals surface area contributed by atoms with E-state index in [1.54, 1.807) is 14.2 Å². The fourth-order valence-corrected chi connectivity index (χ4v) is 17.7. The van der Waals surface area contributed by atoms with Crippen molar-refractivity contribution in [1.82, 2.24) is 0 Å². The van der Waals surface area contributed by atoms with Crippen LogP contribution in [-0.4, -0.2) is 57.0 Å². The molecule has 0 amide bonds. The lowest BCUT2D eigenvalue weighted by molar-refractivity contribution is 0.414. The summed E-state index contributed by atoms with van der Waals surface area (Å²) in [6.07, 6.45) is 4.22. The van der Waals surface area contributed by atoms with E-state index in [-0.39, 0.29) is 10.1 Å². The van der Waals surface area contributed by atoms with Crippen molar-refractivity contribution in [3.05, 3.63) is 194 Å². The molecule has 0 aliphatic carbocycles. The van der Waals surface area contributed by atoms with Gasteiger partial charge in [-0.15, -0.1) is 0 Å². The summed E-state index contributed by atoms with van der Waals surface area (Å²) in [6.45, 7) is 16.5. The van der Waals surface area contributed by atoms with E-state index in [9.17, 15) is 0 Å². The Balaban J connectivity index is 1.38. The van der Waals surface area contributed by atoms with Gasteiger partial charge in [0.15, 0.2) is 0 Å². The van der Waals surface area contributed by atoms with Crippen molar-refractivity contribution in [2.24, 2.45) is 0 Å². The molecule has 62 heavy (non-hydrogen) atoms. The molecule has 6 aromatic rings. The van der Waals surface area contributed by atoms with Crippen molar-refractivity contribution >= 4 is 48.8 Å². The number of benzene rings is 6. The lowest BCUT2D eigenvalue weighted by Gasteiger charge is -2.43. The molecule has 6 aromatic carbocycles. The summed E-state index contributed by atoms with van der Waals surface area (Å²) in [5, 5.41) is 4.59. The predicted octanol–water partition coefficient (Wildman–Crippen LogP) is 9.95. The van der Waals surface area contributed by atoms with Crippen molar-refractivity contribution in [2.45, 2.75) is 51.6 Å². The largest absolute Gasteiger partial charge is 0.540 e. The number of hydrogen-bond acceptors (Lipinski definition) is 6. The van der Waals surface area contributed by atoms with E-state index in [4.69, 9.17) is 18.3 Å². The molecule has 8 heteroatoms. The highest BCUT2D eigenvalue weighted by Gasteiger charge is 2.52. The lowest BCUT2D eigenvalue weighted by atomic mass is 10.1. The molecule has 0 radical (unpaired) electrons. The molecule has 1 fully saturated rings. The Morgan fingerprint density at radius 2 is 0.645 bits per heavy atom. The van der Waals surface area contributed by atoms with Crippen LogP contribution in [0.1, 0.15) is 41.5 Å². The second-order valence-corrected chi connectivity index (χ2v) is 26.7. The topological polar surface area (TPSA) is 43.4 Å². The molecule has 0 unspecified atom stereocenters. The van der Waals surface area contributed by atoms with Crippen LogP contribution in [0.2, 0.25) is 10.1 Å². The Kier molecular flexibility index (Phi) is 13.5. The molecule has 1 saturated heterocycles. The van der Waals surface area contributed by atoms with E-state index < -0.39 is 16.6 Å². The third-order valence-corrected chi connectivity index (χ3v) is 21.8. The van der Waals surface area contributed by atoms with Crippen molar-refractivity contribution in [3.63, 3.8) is 0 Å². The Hall–Kier alpha value is -5.97. The summed E-state index contributed by atoms with van der Waals surface area (Å²) >= 11 is 0. The Morgan fingerprint density at radius 1 is 0.387 bits per heavy atom. The standard InChI is InChI=1S/C54H62N2O4Si2/c1-53(2,3)61(49-21-13-9-14-22-49,50-23-15-10-16-24-50)59-41-43-37-55(45-29-33-47(57-7)34-30-45)39-44(40-56(38-43)46-31-35-48(58-8)36-32-46)42-60-62(54(4,5)6,51-25-17-11-18-26-51)52-27-19-12-20-28-52/h9-36,41-42H,37-40H2,1-8H3. The minimum atomic E-state index is -2.89. The first kappa shape index (κ1) is 44.1. The average Bonchev–Trinajstić information content (AvgIpc) is 3.28. The molecule has 1 aliphatic rings. The fourth-order valence-electron chi connectivity index (χ4n) is 9.02. The number of ether oxygens (including phenoxy) is 2. The lowest BCUT2D eigenvalue weighted by Crippen LogP contribution is -2.66. The van der Waals surface area contributed by atoms with Gasteiger partial charge in [-0.1, -0.05) is 163 Å². The molecule has 0 saturated carbocycles. The van der Waals surface area contributed by atoms with Gasteiger partial charge in [-0.05, 0) is 79.4 Å². The molecular weight excluding hydrogens is 797 g/mol. The first-order valence-electron chi connectivity index (χ1n) is 21.6. The number of anilines is 2. The average molecular weight is 859 g/mol. The zero-order valence-electron chi connectivity index (χ0n) is 37.7. The van der Waals surface area contributed by atoms with Crippen LogP contribution in [0.4, 0.5) is 11.4 Å². The summed E-state index contributed by atoms with van der Waals surface area (Å²) in [6, 6.07) is 60.2. The Morgan fingerprint density at radius 3 is 0.871 bits per heavy atom. The normalized spacial score (nSPS) is 14.1. The maximum absolute atomic E-state index is 7.55. The van der Waals surface area contributed by atoms with Crippen LogP contribution in [0.15, 0.2) is 194 Å². The van der Waals surface area contributed by atoms with Crippen LogP contribution >= 0.6 is 0 Å². The highest BCUT2D eigenvalue weighted by atomic mass is 28.4. The van der Waals surface area contributed by atoms with Gasteiger partial charge in [0.25, 0.3) is 0 Å². The van der Waals surface area contributed by atoms with Crippen molar-refractivity contribution in [2.75, 3.05) is 50.2 Å². The zero-order chi connectivity index (χ0) is 43.8. The molecule has 0 atom stereocenters. The monoisotopic (exact) mass is 858 g/mol. The third-order valence-electron chi connectivity index (χ3n) is 12.1. The summed E-state index contributed by atoms with van der Waals surface area (Å²) in [7, 11) is -2.36. The van der Waals surface area contributed by atoms with Gasteiger partial charge in [0.1, 0.15) is 11.5 Å². The van der Waals surface area contributed by atoms with Gasteiger partial charge < -0.3 is 28.1 Å². The highest BCUT2D eigenvalue weighted by Crippen LogP contribution is 2.39. The van der Waals surface area contributed by atoms with Gasteiger partial charge in [-0.2, -0.15) is 0 Å². The first-order valence-corrected chi connectivity index (χ1v) is 25.4. The van der Waals surface area contributed by atoms with Crippen LogP contribution in [0, 0.1) is 0 Å². The van der Waals surface area contributed by atoms with Crippen molar-refractivity contribution in [1.29, 1.82) is 0 Å². The summed E-state index contributed by atoms with van der Waals surface area (Å²) in [5.74, 6) is 1.64. The minimum absolute atomic E-state index is 0.187. The quantitative estimate of drug-likeness (QED) is 0.0903. The summed E-state index contributed by atoms with van der Waals surface area (Å²) in [4.78, 5) is 4.90. The van der Waals surface area contributed by atoms with Crippen molar-refractivity contribution in [3.8, 4) is 11.5 Å². The SMILES string of the molecule is COc1ccc(N2CC(=CO[Si](c3ccccc3)(c3ccccc3)C(C)(C)C)CN(c3ccc(OC)cc3)CC(=CO[Si](c3ccccc3)(c3ccccc3)C(C)(C)C)C2)cc1. The van der Waals surface area contributed by atoms with Crippen LogP contribution in [0.25, 0.3) is 0 Å². The molecule has 320 valence electrons. The van der Waals surface area contributed by atoms with E-state index in [2.05, 4.69) is 209 Å². The molecule has 7 rings (SSSR count). The van der Waals surface area contributed by atoms with Gasteiger partial charge >= 0.3 is 16.6 Å². The second-order valence-electron chi connectivity index (χ2n) is 18.2. The second kappa shape index (κ2) is 19.0. The van der Waals surface area contributed by atoms with Crippen LogP contribution < -0.4 is 40.0 Å². The number of methoxy groups -OCH3 is 2. The predicted molar refractivity (Wildman–Crippen MR) is 264 cm³/mol. The molecule has 0 aromatic heterocycles. The minimum Gasteiger partial charge on any atom is -0.540 e. The Labute approximate surface area is 372 Å². The van der Waals surface area contributed by atoms with Crippen LogP contribution in [0.5, 0.6) is 11.5 Å². The molecule has 1 heterocycles. The van der Waals surface area contributed by atoms with Crippen molar-refractivity contribution < 1.29 is 18.3 Å². The van der Waals surface area contributed by atoms with Gasteiger partial charge in [-0.3, -0.25) is 0 Å². The number of rotatable bonds is 12. The van der Waals surface area contributed by atoms with Crippen LogP contribution in [-0.2, 0) is 8.85 Å². The summed E-state index contributed by atoms with van der Waals surface area (Å²) in [5.41, 5.74) is 4.51. The van der Waals surface area contributed by atoms with Gasteiger partial charge in [0.2, 0.25) is 0 Å². The van der Waals surface area contributed by atoms with Gasteiger partial charge in [0, 0.05) is 48.7 Å². The smallest absolute Gasteiger partial charge is 0.319 e. The zero-order valence-corrected chi connectivity index (χ0v) is 39.7. The molecule has 0 bridgehead atoms. The van der Waals surface area contributed by atoms with E-state index in [1.807, 2.05) is 24.3 Å². The molecular formula is C54H62N2O4Si2. The van der Waals surface area contributed by atoms with Gasteiger partial charge in [-0.25, -0.2) is 0 Å².